The number of hydrogen-bond donors (Lipinski definition) is 2. The SMILES string of the molecule is CCCCCOc1ccc(C(C)NC(=O)N2CCC(C(=O)O)C2)cc1OC. The molecular weight excluding hydrogens is 348 g/mol. The molecule has 27 heavy (non-hydrogen) atoms. The molecule has 1 aromatic carbocycles. The van der Waals surface area contributed by atoms with E-state index >= 15 is 0 Å². The monoisotopic (exact) mass is 378 g/mol. The first-order chi connectivity index (χ1) is 13.0. The molecule has 0 aliphatic carbocycles. The van der Waals surface area contributed by atoms with Crippen LogP contribution in [0.15, 0.2) is 18.2 Å². The summed E-state index contributed by atoms with van der Waals surface area (Å²) < 4.78 is 11.2. The van der Waals surface area contributed by atoms with Crippen LogP contribution in [0.5, 0.6) is 11.5 Å². The Bertz CT molecular complexity index is 649. The number of nitrogens with one attached hydrogen (secondary N) is 1. The van der Waals surface area contributed by atoms with Crippen LogP contribution in [0.25, 0.3) is 0 Å². The number of carbonyl (C=O) groups is 2. The molecule has 2 amide bonds. The molecule has 1 fully saturated rings. The minimum Gasteiger partial charge on any atom is -0.493 e. The molecule has 0 radical (unpaired) electrons. The lowest BCUT2D eigenvalue weighted by Gasteiger charge is -2.22. The van der Waals surface area contributed by atoms with E-state index in [0.717, 1.165) is 24.8 Å². The van der Waals surface area contributed by atoms with Crippen molar-refractivity contribution in [3.8, 4) is 11.5 Å². The molecule has 2 rings (SSSR count). The second-order valence-corrected chi connectivity index (χ2v) is 6.91. The van der Waals surface area contributed by atoms with Crippen molar-refractivity contribution in [2.24, 2.45) is 5.92 Å². The normalized spacial score (nSPS) is 17.4. The lowest BCUT2D eigenvalue weighted by molar-refractivity contribution is -0.141. The third-order valence-corrected chi connectivity index (χ3v) is 4.86. The maximum absolute atomic E-state index is 12.4. The number of hydrogen-bond acceptors (Lipinski definition) is 4. The van der Waals surface area contributed by atoms with E-state index in [4.69, 9.17) is 14.6 Å². The number of unbranched alkanes of at least 4 members (excludes halogenated alkanes) is 2. The van der Waals surface area contributed by atoms with Crippen LogP contribution in [0.1, 0.15) is 51.1 Å². The van der Waals surface area contributed by atoms with Crippen molar-refractivity contribution in [3.63, 3.8) is 0 Å². The molecular formula is C20H30N2O5. The summed E-state index contributed by atoms with van der Waals surface area (Å²) in [6.07, 6.45) is 3.76. The molecule has 0 aromatic heterocycles. The summed E-state index contributed by atoms with van der Waals surface area (Å²) in [5.41, 5.74) is 0.898. The predicted octanol–water partition coefficient (Wildman–Crippen LogP) is 3.44. The van der Waals surface area contributed by atoms with Crippen LogP contribution in [0.2, 0.25) is 0 Å². The molecule has 2 N–H and O–H groups in total. The Morgan fingerprint density at radius 1 is 1.33 bits per heavy atom. The fraction of sp³-hybridized carbons (Fsp3) is 0.600. The maximum Gasteiger partial charge on any atom is 0.317 e. The van der Waals surface area contributed by atoms with Crippen molar-refractivity contribution < 1.29 is 24.2 Å². The molecule has 7 nitrogen and oxygen atoms in total. The van der Waals surface area contributed by atoms with Gasteiger partial charge >= 0.3 is 12.0 Å². The number of carbonyl (C=O) groups excluding carboxylic acids is 1. The first-order valence-electron chi connectivity index (χ1n) is 9.55. The van der Waals surface area contributed by atoms with Gasteiger partial charge in [0.2, 0.25) is 0 Å². The molecule has 1 aliphatic heterocycles. The van der Waals surface area contributed by atoms with Gasteiger partial charge in [-0.25, -0.2) is 4.79 Å². The highest BCUT2D eigenvalue weighted by molar-refractivity contribution is 5.77. The Morgan fingerprint density at radius 2 is 2.11 bits per heavy atom. The highest BCUT2D eigenvalue weighted by Gasteiger charge is 2.31. The smallest absolute Gasteiger partial charge is 0.317 e. The van der Waals surface area contributed by atoms with Gasteiger partial charge in [0.1, 0.15) is 0 Å². The third-order valence-electron chi connectivity index (χ3n) is 4.86. The highest BCUT2D eigenvalue weighted by atomic mass is 16.5. The topological polar surface area (TPSA) is 88.1 Å². The molecule has 0 saturated carbocycles. The van der Waals surface area contributed by atoms with Gasteiger partial charge in [-0.05, 0) is 37.5 Å². The summed E-state index contributed by atoms with van der Waals surface area (Å²) >= 11 is 0. The predicted molar refractivity (Wildman–Crippen MR) is 102 cm³/mol. The first kappa shape index (κ1) is 20.9. The molecule has 1 saturated heterocycles. The van der Waals surface area contributed by atoms with Gasteiger partial charge in [-0.2, -0.15) is 0 Å². The Balaban J connectivity index is 1.94. The highest BCUT2D eigenvalue weighted by Crippen LogP contribution is 2.30. The molecule has 1 aromatic rings. The Labute approximate surface area is 160 Å². The average Bonchev–Trinajstić information content (AvgIpc) is 3.16. The zero-order valence-corrected chi connectivity index (χ0v) is 16.4. The van der Waals surface area contributed by atoms with Crippen LogP contribution in [0.4, 0.5) is 4.79 Å². The number of amides is 2. The van der Waals surface area contributed by atoms with Gasteiger partial charge < -0.3 is 24.8 Å². The number of carboxylic acid groups (broad SMARTS) is 1. The number of aliphatic carboxylic acids is 1. The summed E-state index contributed by atoms with van der Waals surface area (Å²) in [7, 11) is 1.59. The number of likely N-dealkylation sites (tertiary alicyclic amines) is 1. The lowest BCUT2D eigenvalue weighted by atomic mass is 10.1. The number of nitrogens with zero attached hydrogens (tertiary/aromatic N) is 1. The van der Waals surface area contributed by atoms with Crippen LogP contribution in [0.3, 0.4) is 0 Å². The molecule has 0 bridgehead atoms. The van der Waals surface area contributed by atoms with Crippen LogP contribution in [-0.2, 0) is 4.79 Å². The maximum atomic E-state index is 12.4. The minimum absolute atomic E-state index is 0.232. The van der Waals surface area contributed by atoms with Crippen molar-refractivity contribution in [2.75, 3.05) is 26.8 Å². The molecule has 1 heterocycles. The van der Waals surface area contributed by atoms with E-state index in [9.17, 15) is 9.59 Å². The second kappa shape index (κ2) is 10.0. The fourth-order valence-corrected chi connectivity index (χ4v) is 3.11. The summed E-state index contributed by atoms with van der Waals surface area (Å²) in [5.74, 6) is 0.00448. The molecule has 0 spiro atoms. The molecule has 1 aliphatic rings. The van der Waals surface area contributed by atoms with Crippen molar-refractivity contribution >= 4 is 12.0 Å². The van der Waals surface area contributed by atoms with Crippen LogP contribution >= 0.6 is 0 Å². The Morgan fingerprint density at radius 3 is 2.74 bits per heavy atom. The largest absolute Gasteiger partial charge is 0.493 e. The van der Waals surface area contributed by atoms with Crippen molar-refractivity contribution in [3.05, 3.63) is 23.8 Å². The van der Waals surface area contributed by atoms with Gasteiger partial charge in [0, 0.05) is 13.1 Å². The molecule has 150 valence electrons. The van der Waals surface area contributed by atoms with Crippen LogP contribution in [0, 0.1) is 5.92 Å². The average molecular weight is 378 g/mol. The van der Waals surface area contributed by atoms with Gasteiger partial charge in [-0.3, -0.25) is 4.79 Å². The van der Waals surface area contributed by atoms with Gasteiger partial charge in [0.25, 0.3) is 0 Å². The van der Waals surface area contributed by atoms with Crippen molar-refractivity contribution in [1.29, 1.82) is 0 Å². The van der Waals surface area contributed by atoms with E-state index in [2.05, 4.69) is 12.2 Å². The van der Waals surface area contributed by atoms with E-state index in [0.29, 0.717) is 31.1 Å². The number of carboxylic acids is 1. The number of benzene rings is 1. The van der Waals surface area contributed by atoms with E-state index in [1.54, 1.807) is 12.0 Å². The lowest BCUT2D eigenvalue weighted by Crippen LogP contribution is -2.40. The molecule has 7 heteroatoms. The number of rotatable bonds is 9. The molecule has 2 atom stereocenters. The van der Waals surface area contributed by atoms with Crippen LogP contribution in [-0.4, -0.2) is 48.8 Å². The van der Waals surface area contributed by atoms with E-state index in [-0.39, 0.29) is 18.6 Å². The second-order valence-electron chi connectivity index (χ2n) is 6.91. The van der Waals surface area contributed by atoms with Gasteiger partial charge in [0.15, 0.2) is 11.5 Å². The standard InChI is InChI=1S/C20H30N2O5/c1-4-5-6-11-27-17-8-7-15(12-18(17)26-3)14(2)21-20(25)22-10-9-16(13-22)19(23)24/h7-8,12,14,16H,4-6,9-11,13H2,1-3H3,(H,21,25)(H,23,24). The van der Waals surface area contributed by atoms with E-state index < -0.39 is 11.9 Å². The van der Waals surface area contributed by atoms with Gasteiger partial charge in [0.05, 0.1) is 25.7 Å². The Kier molecular flexibility index (Phi) is 7.76. The van der Waals surface area contributed by atoms with Gasteiger partial charge in [-0.1, -0.05) is 25.8 Å². The van der Waals surface area contributed by atoms with Crippen molar-refractivity contribution in [2.45, 2.75) is 45.6 Å². The Hall–Kier alpha value is -2.44. The number of ether oxygens (including phenoxy) is 2. The number of urea groups is 1. The summed E-state index contributed by atoms with van der Waals surface area (Å²) in [6.45, 7) is 5.40. The quantitative estimate of drug-likeness (QED) is 0.643. The fourth-order valence-electron chi connectivity index (χ4n) is 3.11. The zero-order valence-electron chi connectivity index (χ0n) is 16.4. The van der Waals surface area contributed by atoms with Crippen molar-refractivity contribution in [1.82, 2.24) is 10.2 Å². The summed E-state index contributed by atoms with van der Waals surface area (Å²) in [4.78, 5) is 25.0. The molecule has 2 unspecified atom stereocenters. The zero-order chi connectivity index (χ0) is 19.8. The number of methoxy groups -OCH3 is 1. The minimum atomic E-state index is -0.849. The third kappa shape index (κ3) is 5.77. The van der Waals surface area contributed by atoms with E-state index in [1.165, 1.54) is 0 Å². The first-order valence-corrected chi connectivity index (χ1v) is 9.55. The summed E-state index contributed by atoms with van der Waals surface area (Å²) in [6, 6.07) is 5.16. The summed E-state index contributed by atoms with van der Waals surface area (Å²) in [5, 5.41) is 12.0. The van der Waals surface area contributed by atoms with Crippen LogP contribution < -0.4 is 14.8 Å². The van der Waals surface area contributed by atoms with E-state index in [1.807, 2.05) is 25.1 Å². The van der Waals surface area contributed by atoms with Gasteiger partial charge in [-0.15, -0.1) is 0 Å².